The fraction of sp³-hybridized carbons (Fsp3) is 0.111. The van der Waals surface area contributed by atoms with Gasteiger partial charge in [-0.25, -0.2) is 0 Å². The van der Waals surface area contributed by atoms with Crippen LogP contribution in [0.1, 0.15) is 6.42 Å². The number of amides is 2. The van der Waals surface area contributed by atoms with Crippen LogP contribution in [-0.4, -0.2) is 20.6 Å². The van der Waals surface area contributed by atoms with E-state index in [1.807, 2.05) is 0 Å². The van der Waals surface area contributed by atoms with Crippen molar-refractivity contribution in [3.63, 3.8) is 0 Å². The summed E-state index contributed by atoms with van der Waals surface area (Å²) in [6.45, 7) is 0. The van der Waals surface area contributed by atoms with Gasteiger partial charge in [0.25, 0.3) is 0 Å². The molecule has 0 spiro atoms. The van der Waals surface area contributed by atoms with E-state index in [-0.39, 0.29) is 46.6 Å². The van der Waals surface area contributed by atoms with E-state index in [1.165, 1.54) is 18.2 Å². The Morgan fingerprint density at radius 3 is 2.29 bits per heavy atom. The summed E-state index contributed by atoms with van der Waals surface area (Å²) in [6.07, 6.45) is -0.273. The smallest absolute Gasteiger partial charge is 0.768 e. The molecule has 0 saturated carbocycles. The van der Waals surface area contributed by atoms with Crippen LogP contribution in [0.2, 0.25) is 0 Å². The number of benzene rings is 1. The van der Waals surface area contributed by atoms with Crippen molar-refractivity contribution in [3.8, 4) is 0 Å². The first-order chi connectivity index (χ1) is 7.56. The van der Waals surface area contributed by atoms with Crippen LogP contribution in [0.4, 0.5) is 11.4 Å². The third kappa shape index (κ3) is 3.36. The van der Waals surface area contributed by atoms with Gasteiger partial charge in [-0.3, -0.25) is 13.8 Å². The second-order valence-electron chi connectivity index (χ2n) is 3.22. The van der Waals surface area contributed by atoms with Gasteiger partial charge in [-0.1, -0.05) is 0 Å². The van der Waals surface area contributed by atoms with E-state index < -0.39 is 22.9 Å². The van der Waals surface area contributed by atoms with Crippen LogP contribution in [0.3, 0.4) is 0 Å². The molecule has 1 aliphatic heterocycles. The van der Waals surface area contributed by atoms with E-state index in [1.54, 1.807) is 0 Å². The normalized spacial score (nSPS) is 15.8. The largest absolute Gasteiger partial charge is 1.00 e. The van der Waals surface area contributed by atoms with Crippen LogP contribution in [-0.2, 0) is 20.7 Å². The number of hydrogen-bond donors (Lipinski definition) is 2. The number of hydrogen-bond acceptors (Lipinski definition) is 4. The molecule has 0 radical (unpaired) electrons. The molecule has 1 heterocycles. The minimum Gasteiger partial charge on any atom is -0.768 e. The molecule has 1 unspecified atom stereocenters. The van der Waals surface area contributed by atoms with Gasteiger partial charge in [0.1, 0.15) is 6.42 Å². The molecule has 0 fully saturated rings. The first-order valence-electron chi connectivity index (χ1n) is 4.39. The van der Waals surface area contributed by atoms with Crippen molar-refractivity contribution in [2.75, 3.05) is 10.6 Å². The zero-order chi connectivity index (χ0) is 11.7. The number of fused-ring (bicyclic) bond motifs is 1. The molecule has 2 amide bonds. The molecular formula is C9H7N2NaO4S. The first kappa shape index (κ1) is 14.3. The molecule has 0 aliphatic carbocycles. The number of carbonyl (C=O) groups excluding carboxylic acids is 2. The van der Waals surface area contributed by atoms with Crippen molar-refractivity contribution in [1.82, 2.24) is 0 Å². The Morgan fingerprint density at radius 2 is 1.71 bits per heavy atom. The molecule has 1 aliphatic rings. The number of carbonyl (C=O) groups is 2. The van der Waals surface area contributed by atoms with E-state index in [4.69, 9.17) is 0 Å². The Labute approximate surface area is 122 Å². The summed E-state index contributed by atoms with van der Waals surface area (Å²) in [5.41, 5.74) is 0.683. The molecule has 1 atom stereocenters. The van der Waals surface area contributed by atoms with Crippen molar-refractivity contribution >= 4 is 34.3 Å². The van der Waals surface area contributed by atoms with E-state index in [0.717, 1.165) is 0 Å². The summed E-state index contributed by atoms with van der Waals surface area (Å²) in [6, 6.07) is 4.08. The van der Waals surface area contributed by atoms with Crippen LogP contribution >= 0.6 is 0 Å². The Bertz CT molecular complexity index is 506. The van der Waals surface area contributed by atoms with Crippen molar-refractivity contribution in [2.45, 2.75) is 11.3 Å². The Morgan fingerprint density at radius 1 is 1.12 bits per heavy atom. The molecule has 0 aromatic heterocycles. The van der Waals surface area contributed by atoms with Gasteiger partial charge >= 0.3 is 29.6 Å². The first-order valence-corrected chi connectivity index (χ1v) is 5.47. The molecule has 2 rings (SSSR count). The second-order valence-corrected chi connectivity index (χ2v) is 4.16. The molecule has 1 aromatic carbocycles. The van der Waals surface area contributed by atoms with Gasteiger partial charge in [0.2, 0.25) is 11.8 Å². The maximum atomic E-state index is 11.2. The van der Waals surface area contributed by atoms with E-state index in [0.29, 0.717) is 5.69 Å². The average Bonchev–Trinajstić information content (AvgIpc) is 2.32. The van der Waals surface area contributed by atoms with Gasteiger partial charge in [0.15, 0.2) is 0 Å². The van der Waals surface area contributed by atoms with E-state index >= 15 is 0 Å². The quantitative estimate of drug-likeness (QED) is 0.325. The monoisotopic (exact) mass is 262 g/mol. The molecule has 0 saturated heterocycles. The van der Waals surface area contributed by atoms with Crippen molar-refractivity contribution < 1.29 is 47.9 Å². The zero-order valence-electron chi connectivity index (χ0n) is 8.98. The van der Waals surface area contributed by atoms with Gasteiger partial charge in [-0.15, -0.1) is 0 Å². The van der Waals surface area contributed by atoms with Crippen LogP contribution < -0.4 is 40.2 Å². The van der Waals surface area contributed by atoms with E-state index in [2.05, 4.69) is 10.6 Å². The van der Waals surface area contributed by atoms with Gasteiger partial charge in [-0.2, -0.15) is 0 Å². The van der Waals surface area contributed by atoms with Gasteiger partial charge in [0, 0.05) is 4.90 Å². The fourth-order valence-electron chi connectivity index (χ4n) is 1.37. The number of rotatable bonds is 1. The maximum absolute atomic E-state index is 11.2. The Kier molecular flexibility index (Phi) is 4.84. The zero-order valence-corrected chi connectivity index (χ0v) is 11.8. The minimum atomic E-state index is -2.37. The molecule has 8 heteroatoms. The summed E-state index contributed by atoms with van der Waals surface area (Å²) < 4.78 is 21.4. The van der Waals surface area contributed by atoms with Crippen LogP contribution in [0.5, 0.6) is 0 Å². The summed E-state index contributed by atoms with van der Waals surface area (Å²) >= 11 is -2.37. The minimum absolute atomic E-state index is 0. The van der Waals surface area contributed by atoms with E-state index in [9.17, 15) is 18.4 Å². The maximum Gasteiger partial charge on any atom is 1.00 e. The standard InChI is InChI=1S/C9H8N2O4S.Na/c12-8-4-9(13)11-7-3-5(16(14)15)1-2-6(7)10-8;/h1-3H,4H2,(H,10,12)(H,11,13)(H,14,15);/q;+1/p-1. The molecule has 84 valence electrons. The third-order valence-corrected chi connectivity index (χ3v) is 2.69. The predicted octanol–water partition coefficient (Wildman–Crippen LogP) is -2.79. The van der Waals surface area contributed by atoms with Crippen molar-refractivity contribution in [2.24, 2.45) is 0 Å². The number of nitrogens with one attached hydrogen (secondary N) is 2. The molecular weight excluding hydrogens is 255 g/mol. The molecule has 0 bridgehead atoms. The summed E-state index contributed by atoms with van der Waals surface area (Å²) in [4.78, 5) is 22.4. The summed E-state index contributed by atoms with van der Waals surface area (Å²) in [5.74, 6) is -0.891. The topological polar surface area (TPSA) is 98.3 Å². The third-order valence-electron chi connectivity index (χ3n) is 2.05. The number of anilines is 2. The average molecular weight is 262 g/mol. The summed E-state index contributed by atoms with van der Waals surface area (Å²) in [5, 5.41) is 4.95. The predicted molar refractivity (Wildman–Crippen MR) is 55.5 cm³/mol. The van der Waals surface area contributed by atoms with Gasteiger partial charge in [-0.05, 0) is 29.3 Å². The van der Waals surface area contributed by atoms with Gasteiger partial charge < -0.3 is 15.2 Å². The SMILES string of the molecule is O=C1CC(=O)Nc2cc(S(=O)[O-])ccc2N1.[Na+]. The fourth-order valence-corrected chi connectivity index (χ4v) is 1.77. The van der Waals surface area contributed by atoms with Crippen LogP contribution in [0.25, 0.3) is 0 Å². The molecule has 17 heavy (non-hydrogen) atoms. The Hall–Kier alpha value is -0.730. The molecule has 2 N–H and O–H groups in total. The molecule has 1 aromatic rings. The van der Waals surface area contributed by atoms with Crippen molar-refractivity contribution in [3.05, 3.63) is 18.2 Å². The van der Waals surface area contributed by atoms with Gasteiger partial charge in [0.05, 0.1) is 11.4 Å². The van der Waals surface area contributed by atoms with Crippen LogP contribution in [0, 0.1) is 0 Å². The summed E-state index contributed by atoms with van der Waals surface area (Å²) in [7, 11) is 0. The second kappa shape index (κ2) is 5.74. The Balaban J connectivity index is 0.00000144. The molecule has 6 nitrogen and oxygen atoms in total. The van der Waals surface area contributed by atoms with Crippen molar-refractivity contribution in [1.29, 1.82) is 0 Å². The van der Waals surface area contributed by atoms with Crippen LogP contribution in [0.15, 0.2) is 23.1 Å².